The second-order valence-corrected chi connectivity index (χ2v) is 4.79. The number of nitrogens with one attached hydrogen (secondary N) is 1. The number of aliphatic hydroxyl groups excluding tert-OH is 1. The Morgan fingerprint density at radius 2 is 2.12 bits per heavy atom. The first kappa shape index (κ1) is 11.6. The molecular weight excluding hydrogens is 198 g/mol. The van der Waals surface area contributed by atoms with E-state index >= 15 is 0 Å². The molecule has 1 aromatic carbocycles. The Balaban J connectivity index is 1.80. The van der Waals surface area contributed by atoms with Crippen LogP contribution in [-0.2, 0) is 6.42 Å². The zero-order chi connectivity index (χ0) is 11.4. The molecule has 0 saturated carbocycles. The Morgan fingerprint density at radius 3 is 2.75 bits per heavy atom. The molecular formula is C14H21NO. The summed E-state index contributed by atoms with van der Waals surface area (Å²) >= 11 is 0. The van der Waals surface area contributed by atoms with Crippen molar-refractivity contribution in [3.63, 3.8) is 0 Å². The molecule has 1 saturated heterocycles. The molecule has 2 atom stereocenters. The van der Waals surface area contributed by atoms with Gasteiger partial charge in [0.05, 0.1) is 6.10 Å². The number of rotatable bonds is 4. The Hall–Kier alpha value is -0.860. The van der Waals surface area contributed by atoms with Crippen molar-refractivity contribution >= 4 is 0 Å². The highest BCUT2D eigenvalue weighted by atomic mass is 16.3. The van der Waals surface area contributed by atoms with Gasteiger partial charge in [-0.1, -0.05) is 29.8 Å². The first-order valence-corrected chi connectivity index (χ1v) is 6.23. The fourth-order valence-corrected chi connectivity index (χ4v) is 2.31. The number of hydrogen-bond donors (Lipinski definition) is 2. The van der Waals surface area contributed by atoms with Gasteiger partial charge >= 0.3 is 0 Å². The third-order valence-electron chi connectivity index (χ3n) is 3.41. The van der Waals surface area contributed by atoms with E-state index in [0.29, 0.717) is 6.04 Å². The molecule has 2 N–H and O–H groups in total. The zero-order valence-electron chi connectivity index (χ0n) is 9.95. The van der Waals surface area contributed by atoms with Crippen LogP contribution in [0.15, 0.2) is 24.3 Å². The standard InChI is InChI=1S/C14H21NO/c1-11-4-6-12(7-5-11)8-9-14(16)13-3-2-10-15-13/h4-7,13-16H,2-3,8-10H2,1H3. The van der Waals surface area contributed by atoms with Crippen LogP contribution in [0.4, 0.5) is 0 Å². The van der Waals surface area contributed by atoms with Crippen molar-refractivity contribution < 1.29 is 5.11 Å². The monoisotopic (exact) mass is 219 g/mol. The predicted molar refractivity (Wildman–Crippen MR) is 66.5 cm³/mol. The molecule has 0 amide bonds. The van der Waals surface area contributed by atoms with Crippen LogP contribution in [0.25, 0.3) is 0 Å². The molecule has 88 valence electrons. The van der Waals surface area contributed by atoms with Gasteiger partial charge in [-0.25, -0.2) is 0 Å². The molecule has 1 aliphatic rings. The maximum Gasteiger partial charge on any atom is 0.0696 e. The van der Waals surface area contributed by atoms with Crippen LogP contribution in [0.1, 0.15) is 30.4 Å². The lowest BCUT2D eigenvalue weighted by Gasteiger charge is -2.18. The predicted octanol–water partition coefficient (Wildman–Crippen LogP) is 2.04. The highest BCUT2D eigenvalue weighted by molar-refractivity contribution is 5.21. The lowest BCUT2D eigenvalue weighted by molar-refractivity contribution is 0.127. The van der Waals surface area contributed by atoms with E-state index in [0.717, 1.165) is 25.8 Å². The second-order valence-electron chi connectivity index (χ2n) is 4.79. The summed E-state index contributed by atoms with van der Waals surface area (Å²) in [5.41, 5.74) is 2.62. The summed E-state index contributed by atoms with van der Waals surface area (Å²) in [7, 11) is 0. The molecule has 1 aliphatic heterocycles. The Morgan fingerprint density at radius 1 is 1.38 bits per heavy atom. The number of benzene rings is 1. The minimum absolute atomic E-state index is 0.191. The average Bonchev–Trinajstić information content (AvgIpc) is 2.81. The Bertz CT molecular complexity index is 314. The van der Waals surface area contributed by atoms with Crippen LogP contribution in [-0.4, -0.2) is 23.8 Å². The van der Waals surface area contributed by atoms with Gasteiger partial charge in [0.2, 0.25) is 0 Å². The van der Waals surface area contributed by atoms with Gasteiger partial charge in [0.1, 0.15) is 0 Å². The number of aliphatic hydroxyl groups is 1. The van der Waals surface area contributed by atoms with Gasteiger partial charge in [-0.3, -0.25) is 0 Å². The molecule has 16 heavy (non-hydrogen) atoms. The summed E-state index contributed by atoms with van der Waals surface area (Å²) in [5, 5.41) is 13.4. The molecule has 0 bridgehead atoms. The molecule has 1 aromatic rings. The summed E-state index contributed by atoms with van der Waals surface area (Å²) in [5.74, 6) is 0. The fourth-order valence-electron chi connectivity index (χ4n) is 2.31. The van der Waals surface area contributed by atoms with E-state index in [9.17, 15) is 5.11 Å². The van der Waals surface area contributed by atoms with Crippen LogP contribution in [0.3, 0.4) is 0 Å². The molecule has 2 nitrogen and oxygen atoms in total. The van der Waals surface area contributed by atoms with Crippen molar-refractivity contribution in [1.29, 1.82) is 0 Å². The second kappa shape index (κ2) is 5.46. The molecule has 2 rings (SSSR count). The molecule has 2 heteroatoms. The number of aryl methyl sites for hydroxylation is 2. The first-order valence-electron chi connectivity index (χ1n) is 6.23. The van der Waals surface area contributed by atoms with Gasteiger partial charge in [0.25, 0.3) is 0 Å². The first-order chi connectivity index (χ1) is 7.75. The molecule has 0 spiro atoms. The highest BCUT2D eigenvalue weighted by Crippen LogP contribution is 2.14. The van der Waals surface area contributed by atoms with E-state index in [4.69, 9.17) is 0 Å². The van der Waals surface area contributed by atoms with Crippen LogP contribution in [0.2, 0.25) is 0 Å². The number of hydrogen-bond acceptors (Lipinski definition) is 2. The molecule has 0 aliphatic carbocycles. The summed E-state index contributed by atoms with van der Waals surface area (Å²) in [4.78, 5) is 0. The van der Waals surface area contributed by atoms with Crippen LogP contribution >= 0.6 is 0 Å². The van der Waals surface area contributed by atoms with Crippen molar-refractivity contribution in [2.45, 2.75) is 44.8 Å². The molecule has 0 radical (unpaired) electrons. The maximum absolute atomic E-state index is 10.0. The van der Waals surface area contributed by atoms with E-state index in [1.54, 1.807) is 0 Å². The fraction of sp³-hybridized carbons (Fsp3) is 0.571. The molecule has 1 heterocycles. The van der Waals surface area contributed by atoms with Gasteiger partial charge < -0.3 is 10.4 Å². The SMILES string of the molecule is Cc1ccc(CCC(O)C2CCCN2)cc1. The van der Waals surface area contributed by atoms with E-state index in [2.05, 4.69) is 36.5 Å². The van der Waals surface area contributed by atoms with Gasteiger partial charge in [-0.15, -0.1) is 0 Å². The van der Waals surface area contributed by atoms with Crippen LogP contribution in [0.5, 0.6) is 0 Å². The van der Waals surface area contributed by atoms with Crippen LogP contribution < -0.4 is 5.32 Å². The zero-order valence-corrected chi connectivity index (χ0v) is 9.95. The van der Waals surface area contributed by atoms with Gasteiger partial charge in [0.15, 0.2) is 0 Å². The Kier molecular flexibility index (Phi) is 3.97. The van der Waals surface area contributed by atoms with E-state index < -0.39 is 0 Å². The summed E-state index contributed by atoms with van der Waals surface area (Å²) < 4.78 is 0. The normalized spacial score (nSPS) is 22.2. The van der Waals surface area contributed by atoms with E-state index in [1.807, 2.05) is 0 Å². The van der Waals surface area contributed by atoms with E-state index in [-0.39, 0.29) is 6.10 Å². The molecule has 0 aromatic heterocycles. The summed E-state index contributed by atoms with van der Waals surface area (Å²) in [6.45, 7) is 3.16. The maximum atomic E-state index is 10.0. The highest BCUT2D eigenvalue weighted by Gasteiger charge is 2.21. The van der Waals surface area contributed by atoms with Crippen molar-refractivity contribution in [2.75, 3.05) is 6.54 Å². The topological polar surface area (TPSA) is 32.3 Å². The third kappa shape index (κ3) is 3.06. The summed E-state index contributed by atoms with van der Waals surface area (Å²) in [6.07, 6.45) is 3.96. The van der Waals surface area contributed by atoms with Gasteiger partial charge in [-0.05, 0) is 44.7 Å². The van der Waals surface area contributed by atoms with Crippen molar-refractivity contribution in [2.24, 2.45) is 0 Å². The summed E-state index contributed by atoms with van der Waals surface area (Å²) in [6, 6.07) is 8.91. The minimum Gasteiger partial charge on any atom is -0.391 e. The lowest BCUT2D eigenvalue weighted by Crippen LogP contribution is -2.34. The van der Waals surface area contributed by atoms with Crippen LogP contribution in [0, 0.1) is 6.92 Å². The van der Waals surface area contributed by atoms with Gasteiger partial charge in [-0.2, -0.15) is 0 Å². The largest absolute Gasteiger partial charge is 0.391 e. The molecule has 1 fully saturated rings. The van der Waals surface area contributed by atoms with Crippen molar-refractivity contribution in [3.05, 3.63) is 35.4 Å². The lowest BCUT2D eigenvalue weighted by atomic mass is 10.0. The smallest absolute Gasteiger partial charge is 0.0696 e. The third-order valence-corrected chi connectivity index (χ3v) is 3.41. The molecule has 2 unspecified atom stereocenters. The van der Waals surface area contributed by atoms with Crippen molar-refractivity contribution in [3.8, 4) is 0 Å². The minimum atomic E-state index is -0.191. The van der Waals surface area contributed by atoms with Crippen molar-refractivity contribution in [1.82, 2.24) is 5.32 Å². The average molecular weight is 219 g/mol. The van der Waals surface area contributed by atoms with Gasteiger partial charge in [0, 0.05) is 6.04 Å². The Labute approximate surface area is 97.7 Å². The quantitative estimate of drug-likeness (QED) is 0.812. The van der Waals surface area contributed by atoms with E-state index in [1.165, 1.54) is 17.5 Å².